The summed E-state index contributed by atoms with van der Waals surface area (Å²) in [5, 5.41) is 24.5. The van der Waals surface area contributed by atoms with Crippen molar-refractivity contribution in [1.29, 1.82) is 0 Å². The highest BCUT2D eigenvalue weighted by Gasteiger charge is 2.47. The number of thiophene rings is 1. The van der Waals surface area contributed by atoms with Crippen molar-refractivity contribution in [3.63, 3.8) is 0 Å². The average molecular weight is 437 g/mol. The van der Waals surface area contributed by atoms with Crippen molar-refractivity contribution in [3.05, 3.63) is 45.3 Å². The van der Waals surface area contributed by atoms with Gasteiger partial charge in [-0.15, -0.1) is 11.3 Å². The van der Waals surface area contributed by atoms with Crippen molar-refractivity contribution in [1.82, 2.24) is 0 Å². The van der Waals surface area contributed by atoms with Gasteiger partial charge in [0, 0.05) is 12.1 Å². The van der Waals surface area contributed by atoms with E-state index >= 15 is 0 Å². The third-order valence-electron chi connectivity index (χ3n) is 5.24. The number of nitro benzene ring substituents is 1. The van der Waals surface area contributed by atoms with E-state index in [-0.39, 0.29) is 27.2 Å². The summed E-state index contributed by atoms with van der Waals surface area (Å²) in [6, 6.07) is 7.92. The number of hydrogen-bond donors (Lipinski definition) is 2. The summed E-state index contributed by atoms with van der Waals surface area (Å²) >= 11 is 1.02. The smallest absolute Gasteiger partial charge is 0.349 e. The molecule has 0 amide bonds. The Morgan fingerprint density at radius 3 is 2.17 bits per heavy atom. The number of benzene rings is 1. The molecule has 0 spiro atoms. The Labute approximate surface area is 176 Å². The van der Waals surface area contributed by atoms with Crippen molar-refractivity contribution >= 4 is 42.0 Å². The standard InChI is InChI=1S/C20H28N2O5SSi/c1-12(2)29(13(3)4,14(5)6)27-17-11-18(28-19(17)20(23)24)21-15-9-7-8-10-16(15)22(25)26/h7-14,21H,1-6H3,(H,23,24). The number of para-hydroxylation sites is 2. The van der Waals surface area contributed by atoms with E-state index < -0.39 is 19.2 Å². The van der Waals surface area contributed by atoms with Crippen LogP contribution >= 0.6 is 11.3 Å². The maximum atomic E-state index is 11.9. The quantitative estimate of drug-likeness (QED) is 0.259. The molecule has 0 bridgehead atoms. The fourth-order valence-electron chi connectivity index (χ4n) is 4.08. The third kappa shape index (κ3) is 4.62. The molecule has 0 fully saturated rings. The van der Waals surface area contributed by atoms with Crippen LogP contribution in [0.3, 0.4) is 0 Å². The highest BCUT2D eigenvalue weighted by atomic mass is 32.1. The van der Waals surface area contributed by atoms with Gasteiger partial charge in [0.15, 0.2) is 4.88 Å². The molecule has 29 heavy (non-hydrogen) atoms. The van der Waals surface area contributed by atoms with Gasteiger partial charge in [0.2, 0.25) is 0 Å². The largest absolute Gasteiger partial charge is 0.541 e. The van der Waals surface area contributed by atoms with Crippen LogP contribution in [0.4, 0.5) is 16.4 Å². The maximum absolute atomic E-state index is 11.9. The number of carboxylic acids is 1. The number of aromatic carboxylic acids is 1. The molecule has 0 atom stereocenters. The molecule has 2 N–H and O–H groups in total. The second-order valence-corrected chi connectivity index (χ2v) is 14.4. The molecule has 2 rings (SSSR count). The number of carboxylic acid groups (broad SMARTS) is 1. The maximum Gasteiger partial charge on any atom is 0.349 e. The zero-order valence-electron chi connectivity index (χ0n) is 17.6. The van der Waals surface area contributed by atoms with Gasteiger partial charge in [0.1, 0.15) is 11.4 Å². The molecule has 2 aromatic rings. The molecule has 0 radical (unpaired) electrons. The lowest BCUT2D eigenvalue weighted by molar-refractivity contribution is -0.383. The van der Waals surface area contributed by atoms with Gasteiger partial charge in [0.25, 0.3) is 14.0 Å². The van der Waals surface area contributed by atoms with Crippen LogP contribution in [0, 0.1) is 10.1 Å². The summed E-state index contributed by atoms with van der Waals surface area (Å²) in [6.07, 6.45) is 0. The minimum Gasteiger partial charge on any atom is -0.541 e. The summed E-state index contributed by atoms with van der Waals surface area (Å²) in [7, 11) is -2.35. The lowest BCUT2D eigenvalue weighted by Gasteiger charge is -2.42. The lowest BCUT2D eigenvalue weighted by atomic mass is 10.2. The van der Waals surface area contributed by atoms with Crippen molar-refractivity contribution in [2.45, 2.75) is 58.2 Å². The molecule has 0 saturated carbocycles. The summed E-state index contributed by atoms with van der Waals surface area (Å²) in [5.41, 5.74) is 1.10. The minimum atomic E-state index is -2.35. The summed E-state index contributed by atoms with van der Waals surface area (Å²) in [6.45, 7) is 12.8. The highest BCUT2D eigenvalue weighted by Crippen LogP contribution is 2.46. The summed E-state index contributed by atoms with van der Waals surface area (Å²) in [5.74, 6) is -0.730. The normalized spacial score (nSPS) is 11.9. The van der Waals surface area contributed by atoms with Gasteiger partial charge in [0.05, 0.1) is 9.92 Å². The van der Waals surface area contributed by atoms with E-state index in [0.29, 0.717) is 16.4 Å². The van der Waals surface area contributed by atoms with Crippen LogP contribution in [-0.4, -0.2) is 24.3 Å². The number of carbonyl (C=O) groups is 1. The van der Waals surface area contributed by atoms with E-state index in [1.165, 1.54) is 6.07 Å². The first-order valence-electron chi connectivity index (χ1n) is 9.57. The van der Waals surface area contributed by atoms with Gasteiger partial charge >= 0.3 is 5.97 Å². The molecule has 0 unspecified atom stereocenters. The first-order chi connectivity index (χ1) is 13.5. The Balaban J connectivity index is 2.49. The first-order valence-corrected chi connectivity index (χ1v) is 12.5. The molecule has 1 heterocycles. The molecule has 0 aliphatic carbocycles. The molecule has 0 aliphatic rings. The first kappa shape index (κ1) is 22.9. The van der Waals surface area contributed by atoms with Crippen LogP contribution in [0.1, 0.15) is 51.2 Å². The van der Waals surface area contributed by atoms with Gasteiger partial charge in [-0.05, 0) is 22.7 Å². The lowest BCUT2D eigenvalue weighted by Crippen LogP contribution is -2.50. The monoisotopic (exact) mass is 436 g/mol. The number of nitrogens with one attached hydrogen (secondary N) is 1. The van der Waals surface area contributed by atoms with Crippen LogP contribution < -0.4 is 9.74 Å². The third-order valence-corrected chi connectivity index (χ3v) is 12.3. The van der Waals surface area contributed by atoms with E-state index in [4.69, 9.17) is 4.43 Å². The molecule has 9 heteroatoms. The summed E-state index contributed by atoms with van der Waals surface area (Å²) < 4.78 is 6.57. The predicted molar refractivity (Wildman–Crippen MR) is 119 cm³/mol. The zero-order chi connectivity index (χ0) is 21.9. The fourth-order valence-corrected chi connectivity index (χ4v) is 10.2. The minimum absolute atomic E-state index is 0.0736. The van der Waals surface area contributed by atoms with Crippen molar-refractivity contribution in [2.24, 2.45) is 0 Å². The Bertz CT molecular complexity index is 873. The van der Waals surface area contributed by atoms with E-state index in [1.807, 2.05) is 0 Å². The van der Waals surface area contributed by atoms with Crippen LogP contribution in [0.15, 0.2) is 30.3 Å². The molecule has 1 aromatic carbocycles. The van der Waals surface area contributed by atoms with Gasteiger partial charge in [-0.25, -0.2) is 4.79 Å². The SMILES string of the molecule is CC(C)[Si](Oc1cc(Nc2ccccc2[N+](=O)[O-])sc1C(=O)O)(C(C)C)C(C)C. The zero-order valence-corrected chi connectivity index (χ0v) is 19.4. The molecule has 158 valence electrons. The molecule has 0 aliphatic heterocycles. The van der Waals surface area contributed by atoms with Crippen molar-refractivity contribution < 1.29 is 19.3 Å². The Kier molecular flexibility index (Phi) is 7.07. The topological polar surface area (TPSA) is 102 Å². The Hall–Kier alpha value is -2.39. The van der Waals surface area contributed by atoms with Crippen LogP contribution in [0.5, 0.6) is 5.75 Å². The van der Waals surface area contributed by atoms with Gasteiger partial charge in [-0.2, -0.15) is 0 Å². The number of hydrogen-bond acceptors (Lipinski definition) is 6. The van der Waals surface area contributed by atoms with E-state index in [1.54, 1.807) is 24.3 Å². The van der Waals surface area contributed by atoms with Crippen molar-refractivity contribution in [2.75, 3.05) is 5.32 Å². The average Bonchev–Trinajstić information content (AvgIpc) is 3.01. The Morgan fingerprint density at radius 2 is 1.69 bits per heavy atom. The van der Waals surface area contributed by atoms with Gasteiger partial charge in [-0.3, -0.25) is 10.1 Å². The molecular formula is C20H28N2O5SSi. The van der Waals surface area contributed by atoms with E-state index in [9.17, 15) is 20.0 Å². The van der Waals surface area contributed by atoms with Gasteiger partial charge in [-0.1, -0.05) is 53.7 Å². The number of anilines is 2. The van der Waals surface area contributed by atoms with Gasteiger partial charge < -0.3 is 14.8 Å². The second-order valence-electron chi connectivity index (χ2n) is 7.93. The molecule has 0 saturated heterocycles. The number of nitro groups is 1. The van der Waals surface area contributed by atoms with E-state index in [0.717, 1.165) is 11.3 Å². The van der Waals surface area contributed by atoms with Crippen molar-refractivity contribution in [3.8, 4) is 5.75 Å². The number of rotatable bonds is 9. The molecule has 7 nitrogen and oxygen atoms in total. The molecule has 1 aromatic heterocycles. The van der Waals surface area contributed by atoms with Crippen LogP contribution in [-0.2, 0) is 0 Å². The fraction of sp³-hybridized carbons (Fsp3) is 0.450. The summed E-state index contributed by atoms with van der Waals surface area (Å²) in [4.78, 5) is 22.8. The van der Waals surface area contributed by atoms with Crippen LogP contribution in [0.2, 0.25) is 16.6 Å². The second kappa shape index (κ2) is 8.96. The Morgan fingerprint density at radius 1 is 1.14 bits per heavy atom. The predicted octanol–water partition coefficient (Wildman–Crippen LogP) is 6.65. The number of nitrogens with zero attached hydrogens (tertiary/aromatic N) is 1. The van der Waals surface area contributed by atoms with Crippen LogP contribution in [0.25, 0.3) is 0 Å². The van der Waals surface area contributed by atoms with E-state index in [2.05, 4.69) is 46.9 Å². The highest BCUT2D eigenvalue weighted by molar-refractivity contribution is 7.18. The molecular weight excluding hydrogens is 408 g/mol.